The fourth-order valence-electron chi connectivity index (χ4n) is 1.29. The maximum absolute atomic E-state index is 9.87. The Labute approximate surface area is 104 Å². The van der Waals surface area contributed by atoms with E-state index in [1.165, 1.54) is 0 Å². The van der Waals surface area contributed by atoms with E-state index in [9.17, 15) is 5.11 Å². The summed E-state index contributed by atoms with van der Waals surface area (Å²) in [7, 11) is 0. The molecule has 0 aliphatic rings. The summed E-state index contributed by atoms with van der Waals surface area (Å²) in [4.78, 5) is 0. The van der Waals surface area contributed by atoms with Gasteiger partial charge in [-0.3, -0.25) is 0 Å². The summed E-state index contributed by atoms with van der Waals surface area (Å²) in [6.07, 6.45) is 3.12. The van der Waals surface area contributed by atoms with Gasteiger partial charge in [-0.25, -0.2) is 0 Å². The van der Waals surface area contributed by atoms with Crippen LogP contribution in [-0.2, 0) is 4.74 Å². The third kappa shape index (κ3) is 10.7. The maximum atomic E-state index is 9.87. The topological polar surface area (TPSA) is 41.5 Å². The zero-order valence-electron chi connectivity index (χ0n) is 11.1. The van der Waals surface area contributed by atoms with E-state index >= 15 is 0 Å². The number of hydrogen-bond donors (Lipinski definition) is 2. The molecule has 0 aromatic heterocycles. The largest absolute Gasteiger partial charge is 0.388 e. The van der Waals surface area contributed by atoms with E-state index in [0.29, 0.717) is 12.5 Å². The van der Waals surface area contributed by atoms with Gasteiger partial charge in [-0.15, -0.1) is 0 Å². The van der Waals surface area contributed by atoms with Crippen molar-refractivity contribution in [3.63, 3.8) is 0 Å². The van der Waals surface area contributed by atoms with Gasteiger partial charge < -0.3 is 15.2 Å². The van der Waals surface area contributed by atoms with Gasteiger partial charge >= 0.3 is 0 Å². The van der Waals surface area contributed by atoms with Crippen molar-refractivity contribution in [3.8, 4) is 0 Å². The van der Waals surface area contributed by atoms with Crippen molar-refractivity contribution in [2.45, 2.75) is 32.8 Å². The van der Waals surface area contributed by atoms with Gasteiger partial charge in [0.15, 0.2) is 0 Å². The fraction of sp³-hybridized carbons (Fsp3) is 1.00. The summed E-state index contributed by atoms with van der Waals surface area (Å²) >= 11 is 1.66. The molecule has 0 spiro atoms. The molecule has 0 amide bonds. The minimum absolute atomic E-state index is 0.614. The number of aliphatic hydroxyl groups is 1. The van der Waals surface area contributed by atoms with E-state index in [4.69, 9.17) is 4.74 Å². The molecule has 1 unspecified atom stereocenters. The van der Waals surface area contributed by atoms with E-state index in [1.54, 1.807) is 11.8 Å². The molecule has 0 saturated heterocycles. The molecule has 2 N–H and O–H groups in total. The first-order valence-electron chi connectivity index (χ1n) is 5.98. The Morgan fingerprint density at radius 2 is 2.06 bits per heavy atom. The van der Waals surface area contributed by atoms with E-state index in [2.05, 4.69) is 19.2 Å². The van der Waals surface area contributed by atoms with Crippen molar-refractivity contribution in [1.82, 2.24) is 5.32 Å². The zero-order chi connectivity index (χ0) is 12.4. The Kier molecular flexibility index (Phi) is 9.41. The lowest BCUT2D eigenvalue weighted by molar-refractivity contribution is 0.0780. The van der Waals surface area contributed by atoms with Crippen LogP contribution in [0.1, 0.15) is 27.2 Å². The summed E-state index contributed by atoms with van der Waals surface area (Å²) in [5.74, 6) is 1.46. The highest BCUT2D eigenvalue weighted by Crippen LogP contribution is 2.08. The number of hydrogen-bond acceptors (Lipinski definition) is 4. The highest BCUT2D eigenvalue weighted by Gasteiger charge is 2.18. The number of ether oxygens (including phenoxy) is 1. The van der Waals surface area contributed by atoms with Gasteiger partial charge in [-0.1, -0.05) is 13.8 Å². The van der Waals surface area contributed by atoms with Crippen molar-refractivity contribution < 1.29 is 9.84 Å². The van der Waals surface area contributed by atoms with Crippen LogP contribution in [0.25, 0.3) is 0 Å². The second kappa shape index (κ2) is 9.28. The molecule has 1 atom stereocenters. The van der Waals surface area contributed by atoms with E-state index < -0.39 is 5.60 Å². The molecule has 3 nitrogen and oxygen atoms in total. The smallest absolute Gasteiger partial charge is 0.0833 e. The van der Waals surface area contributed by atoms with Crippen LogP contribution < -0.4 is 5.32 Å². The highest BCUT2D eigenvalue weighted by molar-refractivity contribution is 7.98. The molecule has 4 heteroatoms. The van der Waals surface area contributed by atoms with Crippen LogP contribution in [0.4, 0.5) is 0 Å². The molecule has 0 radical (unpaired) electrons. The average molecular weight is 249 g/mol. The molecule has 0 rings (SSSR count). The first kappa shape index (κ1) is 16.2. The molecule has 0 heterocycles. The molecule has 0 aromatic carbocycles. The Morgan fingerprint density at radius 3 is 2.62 bits per heavy atom. The van der Waals surface area contributed by atoms with Crippen LogP contribution in [0.15, 0.2) is 0 Å². The van der Waals surface area contributed by atoms with Crippen LogP contribution in [0, 0.1) is 5.92 Å². The molecule has 98 valence electrons. The molecule has 0 fully saturated rings. The van der Waals surface area contributed by atoms with Gasteiger partial charge in [0.1, 0.15) is 0 Å². The lowest BCUT2D eigenvalue weighted by atomic mass is 10.1. The second-order valence-electron chi connectivity index (χ2n) is 4.90. The maximum Gasteiger partial charge on any atom is 0.0833 e. The van der Waals surface area contributed by atoms with Crippen molar-refractivity contribution in [3.05, 3.63) is 0 Å². The van der Waals surface area contributed by atoms with Gasteiger partial charge in [-0.05, 0) is 25.5 Å². The van der Waals surface area contributed by atoms with Crippen molar-refractivity contribution in [2.75, 3.05) is 38.3 Å². The van der Waals surface area contributed by atoms with Crippen LogP contribution in [0.3, 0.4) is 0 Å². The van der Waals surface area contributed by atoms with E-state index in [0.717, 1.165) is 31.9 Å². The third-order valence-electron chi connectivity index (χ3n) is 2.22. The molecule has 0 aliphatic carbocycles. The number of rotatable bonds is 10. The second-order valence-corrected chi connectivity index (χ2v) is 5.77. The minimum atomic E-state index is -0.614. The van der Waals surface area contributed by atoms with Crippen LogP contribution in [0.5, 0.6) is 0 Å². The third-order valence-corrected chi connectivity index (χ3v) is 3.13. The lowest BCUT2D eigenvalue weighted by Crippen LogP contribution is -2.41. The Balaban J connectivity index is 3.26. The predicted molar refractivity (Wildman–Crippen MR) is 72.1 cm³/mol. The fourth-order valence-corrected chi connectivity index (χ4v) is 2.01. The molecule has 0 aliphatic heterocycles. The number of nitrogens with one attached hydrogen (secondary N) is 1. The standard InChI is InChI=1S/C12H27NO2S/c1-11(2)5-7-15-8-6-13-9-12(3,14)10-16-4/h11,13-14H,5-10H2,1-4H3. The first-order valence-corrected chi connectivity index (χ1v) is 7.37. The highest BCUT2D eigenvalue weighted by atomic mass is 32.2. The summed E-state index contributed by atoms with van der Waals surface area (Å²) in [6, 6.07) is 0. The Bertz CT molecular complexity index is 163. The van der Waals surface area contributed by atoms with Gasteiger partial charge in [0.2, 0.25) is 0 Å². The molecule has 0 aromatic rings. The zero-order valence-corrected chi connectivity index (χ0v) is 11.9. The van der Waals surface area contributed by atoms with E-state index in [-0.39, 0.29) is 0 Å². The van der Waals surface area contributed by atoms with Gasteiger partial charge in [0.05, 0.1) is 12.2 Å². The molecular weight excluding hydrogens is 222 g/mol. The Morgan fingerprint density at radius 1 is 1.38 bits per heavy atom. The van der Waals surface area contributed by atoms with Crippen molar-refractivity contribution >= 4 is 11.8 Å². The van der Waals surface area contributed by atoms with Crippen LogP contribution in [-0.4, -0.2) is 49.0 Å². The summed E-state index contributed by atoms with van der Waals surface area (Å²) in [5, 5.41) is 13.1. The van der Waals surface area contributed by atoms with Gasteiger partial charge in [0.25, 0.3) is 0 Å². The molecule has 0 saturated carbocycles. The quantitative estimate of drug-likeness (QED) is 0.579. The summed E-state index contributed by atoms with van der Waals surface area (Å²) in [6.45, 7) is 9.24. The predicted octanol–water partition coefficient (Wildman–Crippen LogP) is 1.75. The van der Waals surface area contributed by atoms with Crippen molar-refractivity contribution in [1.29, 1.82) is 0 Å². The van der Waals surface area contributed by atoms with Gasteiger partial charge in [-0.2, -0.15) is 11.8 Å². The normalized spacial score (nSPS) is 15.4. The SMILES string of the molecule is CSCC(C)(O)CNCCOCCC(C)C. The van der Waals surface area contributed by atoms with Crippen molar-refractivity contribution in [2.24, 2.45) is 5.92 Å². The van der Waals surface area contributed by atoms with E-state index in [1.807, 2.05) is 13.2 Å². The average Bonchev–Trinajstić information content (AvgIpc) is 2.15. The minimum Gasteiger partial charge on any atom is -0.388 e. The summed E-state index contributed by atoms with van der Waals surface area (Å²) < 4.78 is 5.47. The van der Waals surface area contributed by atoms with Crippen LogP contribution >= 0.6 is 11.8 Å². The summed E-state index contributed by atoms with van der Waals surface area (Å²) in [5.41, 5.74) is -0.614. The molecule has 16 heavy (non-hydrogen) atoms. The lowest BCUT2D eigenvalue weighted by Gasteiger charge is -2.22. The molecular formula is C12H27NO2S. The monoisotopic (exact) mass is 249 g/mol. The first-order chi connectivity index (χ1) is 7.48. The number of thioether (sulfide) groups is 1. The van der Waals surface area contributed by atoms with Crippen LogP contribution in [0.2, 0.25) is 0 Å². The van der Waals surface area contributed by atoms with Gasteiger partial charge in [0, 0.05) is 25.4 Å². The molecule has 0 bridgehead atoms. The Hall–Kier alpha value is 0.230.